The smallest absolute Gasteiger partial charge is 0.166 e. The standard InChI is InChI=1S/C13H17NO3S/c1-18(16,17)12-4-2-3-11(9-12)13(15)10-5-7-14-8-6-10/h5-8,11-12H,2-4,9H2,1H3. The van der Waals surface area contributed by atoms with Crippen LogP contribution in [-0.4, -0.2) is 30.7 Å². The van der Waals surface area contributed by atoms with Crippen LogP contribution in [0.4, 0.5) is 0 Å². The van der Waals surface area contributed by atoms with Crippen molar-refractivity contribution in [3.05, 3.63) is 30.1 Å². The fourth-order valence-electron chi connectivity index (χ4n) is 2.52. The lowest BCUT2D eigenvalue weighted by Crippen LogP contribution is -2.31. The molecule has 0 aliphatic heterocycles. The molecule has 0 spiro atoms. The van der Waals surface area contributed by atoms with Gasteiger partial charge in [-0.25, -0.2) is 8.42 Å². The first-order chi connectivity index (χ1) is 8.48. The molecule has 0 amide bonds. The van der Waals surface area contributed by atoms with Crippen LogP contribution in [-0.2, 0) is 9.84 Å². The van der Waals surface area contributed by atoms with E-state index in [1.165, 1.54) is 6.26 Å². The molecule has 5 heteroatoms. The second-order valence-corrected chi connectivity index (χ2v) is 7.24. The maximum absolute atomic E-state index is 12.2. The summed E-state index contributed by atoms with van der Waals surface area (Å²) in [6.45, 7) is 0. The monoisotopic (exact) mass is 267 g/mol. The van der Waals surface area contributed by atoms with Crippen molar-refractivity contribution in [3.63, 3.8) is 0 Å². The maximum Gasteiger partial charge on any atom is 0.166 e. The number of hydrogen-bond acceptors (Lipinski definition) is 4. The molecule has 1 aromatic rings. The molecule has 4 nitrogen and oxygen atoms in total. The Morgan fingerprint density at radius 1 is 1.28 bits per heavy atom. The summed E-state index contributed by atoms with van der Waals surface area (Å²) in [5.74, 6) is -0.119. The van der Waals surface area contributed by atoms with Crippen molar-refractivity contribution in [2.24, 2.45) is 5.92 Å². The minimum absolute atomic E-state index is 0.0470. The van der Waals surface area contributed by atoms with Gasteiger partial charge >= 0.3 is 0 Å². The number of aromatic nitrogens is 1. The number of nitrogens with zero attached hydrogens (tertiary/aromatic N) is 1. The van der Waals surface area contributed by atoms with E-state index in [-0.39, 0.29) is 17.0 Å². The highest BCUT2D eigenvalue weighted by Gasteiger charge is 2.32. The van der Waals surface area contributed by atoms with E-state index in [1.54, 1.807) is 24.5 Å². The fraction of sp³-hybridized carbons (Fsp3) is 0.538. The molecule has 0 bridgehead atoms. The highest BCUT2D eigenvalue weighted by Crippen LogP contribution is 2.30. The minimum Gasteiger partial charge on any atom is -0.294 e. The zero-order valence-electron chi connectivity index (χ0n) is 10.4. The van der Waals surface area contributed by atoms with Crippen molar-refractivity contribution in [3.8, 4) is 0 Å². The van der Waals surface area contributed by atoms with Crippen molar-refractivity contribution >= 4 is 15.6 Å². The maximum atomic E-state index is 12.2. The topological polar surface area (TPSA) is 64.1 Å². The van der Waals surface area contributed by atoms with Crippen molar-refractivity contribution in [1.82, 2.24) is 4.98 Å². The van der Waals surface area contributed by atoms with Gasteiger partial charge in [-0.1, -0.05) is 6.42 Å². The molecule has 0 saturated heterocycles. The zero-order chi connectivity index (χ0) is 13.2. The Labute approximate surface area is 107 Å². The minimum atomic E-state index is -3.04. The Hall–Kier alpha value is -1.23. The zero-order valence-corrected chi connectivity index (χ0v) is 11.2. The van der Waals surface area contributed by atoms with Crippen LogP contribution in [0.25, 0.3) is 0 Å². The summed E-state index contributed by atoms with van der Waals surface area (Å²) >= 11 is 0. The number of carbonyl (C=O) groups is 1. The Morgan fingerprint density at radius 2 is 1.94 bits per heavy atom. The lowest BCUT2D eigenvalue weighted by molar-refractivity contribution is 0.0891. The number of pyridine rings is 1. The predicted molar refractivity (Wildman–Crippen MR) is 69.2 cm³/mol. The van der Waals surface area contributed by atoms with Crippen LogP contribution in [0.2, 0.25) is 0 Å². The summed E-state index contributed by atoms with van der Waals surface area (Å²) in [5, 5.41) is -0.359. The van der Waals surface area contributed by atoms with Crippen LogP contribution in [0.5, 0.6) is 0 Å². The first-order valence-electron chi connectivity index (χ1n) is 6.11. The molecule has 18 heavy (non-hydrogen) atoms. The summed E-state index contributed by atoms with van der Waals surface area (Å²) in [7, 11) is -3.04. The Balaban J connectivity index is 2.13. The number of sulfone groups is 1. The molecule has 1 heterocycles. The van der Waals surface area contributed by atoms with Crippen LogP contribution in [0, 0.1) is 5.92 Å². The second kappa shape index (κ2) is 5.18. The molecule has 1 fully saturated rings. The Morgan fingerprint density at radius 3 is 2.56 bits per heavy atom. The molecule has 0 N–H and O–H groups in total. The molecule has 1 aliphatic carbocycles. The summed E-state index contributed by atoms with van der Waals surface area (Å²) in [6.07, 6.45) is 7.16. The molecular weight excluding hydrogens is 250 g/mol. The Bertz CT molecular complexity index is 524. The van der Waals surface area contributed by atoms with Crippen LogP contribution in [0.15, 0.2) is 24.5 Å². The van der Waals surface area contributed by atoms with Gasteiger partial charge in [0.2, 0.25) is 0 Å². The quantitative estimate of drug-likeness (QED) is 0.784. The largest absolute Gasteiger partial charge is 0.294 e. The molecule has 2 unspecified atom stereocenters. The average molecular weight is 267 g/mol. The third-order valence-electron chi connectivity index (χ3n) is 3.57. The van der Waals surface area contributed by atoms with Gasteiger partial charge in [-0.15, -0.1) is 0 Å². The lowest BCUT2D eigenvalue weighted by Gasteiger charge is -2.27. The van der Waals surface area contributed by atoms with Gasteiger partial charge in [-0.2, -0.15) is 0 Å². The van der Waals surface area contributed by atoms with E-state index >= 15 is 0 Å². The van der Waals surface area contributed by atoms with E-state index in [2.05, 4.69) is 4.98 Å². The third kappa shape index (κ3) is 2.96. The summed E-state index contributed by atoms with van der Waals surface area (Å²) in [5.41, 5.74) is 0.629. The first-order valence-corrected chi connectivity index (χ1v) is 8.07. The molecule has 0 radical (unpaired) electrons. The highest BCUT2D eigenvalue weighted by molar-refractivity contribution is 7.91. The van der Waals surface area contributed by atoms with E-state index in [0.717, 1.165) is 12.8 Å². The van der Waals surface area contributed by atoms with Gasteiger partial charge in [0.05, 0.1) is 5.25 Å². The van der Waals surface area contributed by atoms with E-state index in [1.807, 2.05) is 0 Å². The Kier molecular flexibility index (Phi) is 3.80. The molecule has 1 aliphatic rings. The third-order valence-corrected chi connectivity index (χ3v) is 5.21. The van der Waals surface area contributed by atoms with Crippen molar-refractivity contribution < 1.29 is 13.2 Å². The molecular formula is C13H17NO3S. The molecule has 1 saturated carbocycles. The summed E-state index contributed by atoms with van der Waals surface area (Å²) < 4.78 is 23.1. The molecule has 98 valence electrons. The average Bonchev–Trinajstić information content (AvgIpc) is 2.38. The highest BCUT2D eigenvalue weighted by atomic mass is 32.2. The van der Waals surface area contributed by atoms with Gasteiger partial charge in [0.1, 0.15) is 9.84 Å². The van der Waals surface area contributed by atoms with Gasteiger partial charge in [0, 0.05) is 30.1 Å². The van der Waals surface area contributed by atoms with Gasteiger partial charge < -0.3 is 0 Å². The van der Waals surface area contributed by atoms with Crippen LogP contribution in [0.1, 0.15) is 36.0 Å². The van der Waals surface area contributed by atoms with Gasteiger partial charge in [0.15, 0.2) is 5.78 Å². The van der Waals surface area contributed by atoms with E-state index in [4.69, 9.17) is 0 Å². The number of Topliss-reactive ketones (excluding diaryl/α,β-unsaturated/α-hetero) is 1. The van der Waals surface area contributed by atoms with Gasteiger partial charge in [-0.3, -0.25) is 9.78 Å². The molecule has 2 rings (SSSR count). The fourth-order valence-corrected chi connectivity index (χ4v) is 3.70. The van der Waals surface area contributed by atoms with Crippen molar-refractivity contribution in [1.29, 1.82) is 0 Å². The van der Waals surface area contributed by atoms with Crippen LogP contribution < -0.4 is 0 Å². The molecule has 1 aromatic heterocycles. The SMILES string of the molecule is CS(=O)(=O)C1CCCC(C(=O)c2ccncc2)C1. The van der Waals surface area contributed by atoms with Crippen LogP contribution >= 0.6 is 0 Å². The normalized spacial score (nSPS) is 24.7. The van der Waals surface area contributed by atoms with Gasteiger partial charge in [0.25, 0.3) is 0 Å². The van der Waals surface area contributed by atoms with Crippen molar-refractivity contribution in [2.75, 3.05) is 6.26 Å². The predicted octanol–water partition coefficient (Wildman–Crippen LogP) is 1.87. The number of rotatable bonds is 3. The summed E-state index contributed by atoms with van der Waals surface area (Å²) in [6, 6.07) is 3.37. The number of ketones is 1. The molecule has 0 aromatic carbocycles. The second-order valence-electron chi connectivity index (χ2n) is 4.92. The summed E-state index contributed by atoms with van der Waals surface area (Å²) in [4.78, 5) is 16.1. The number of carbonyl (C=O) groups excluding carboxylic acids is 1. The van der Waals surface area contributed by atoms with E-state index in [0.29, 0.717) is 18.4 Å². The molecule has 2 atom stereocenters. The van der Waals surface area contributed by atoms with Crippen LogP contribution in [0.3, 0.4) is 0 Å². The van der Waals surface area contributed by atoms with Crippen molar-refractivity contribution in [2.45, 2.75) is 30.9 Å². The van der Waals surface area contributed by atoms with E-state index < -0.39 is 9.84 Å². The number of hydrogen-bond donors (Lipinski definition) is 0. The lowest BCUT2D eigenvalue weighted by atomic mass is 9.84. The van der Waals surface area contributed by atoms with Gasteiger partial charge in [-0.05, 0) is 31.4 Å². The first kappa shape index (κ1) is 13.2. The van der Waals surface area contributed by atoms with E-state index in [9.17, 15) is 13.2 Å².